The van der Waals surface area contributed by atoms with Crippen molar-refractivity contribution in [2.24, 2.45) is 0 Å². The highest BCUT2D eigenvalue weighted by atomic mass is 16.5. The van der Waals surface area contributed by atoms with Crippen molar-refractivity contribution in [3.05, 3.63) is 46.6 Å². The summed E-state index contributed by atoms with van der Waals surface area (Å²) >= 11 is 0. The van der Waals surface area contributed by atoms with Gasteiger partial charge in [0.25, 0.3) is 0 Å². The molecule has 2 aromatic carbocycles. The van der Waals surface area contributed by atoms with E-state index >= 15 is 0 Å². The van der Waals surface area contributed by atoms with Crippen LogP contribution in [0.3, 0.4) is 0 Å². The minimum atomic E-state index is -0.0298. The summed E-state index contributed by atoms with van der Waals surface area (Å²) in [4.78, 5) is 17.8. The van der Waals surface area contributed by atoms with Crippen molar-refractivity contribution >= 4 is 21.9 Å². The van der Waals surface area contributed by atoms with Crippen LogP contribution < -0.4 is 14.9 Å². The summed E-state index contributed by atoms with van der Waals surface area (Å²) in [5, 5.41) is 1.13. The normalized spacial score (nSPS) is 11.7. The number of hydrogen-bond donors (Lipinski definition) is 0. The fourth-order valence-electron chi connectivity index (χ4n) is 4.33. The topological polar surface area (TPSA) is 55.1 Å². The van der Waals surface area contributed by atoms with E-state index in [4.69, 9.17) is 13.9 Å². The molecule has 0 radical (unpaired) electrons. The number of unbranched alkanes of at least 4 members (excludes halogenated alkanes) is 2. The van der Waals surface area contributed by atoms with Crippen molar-refractivity contribution in [1.82, 2.24) is 9.80 Å². The Morgan fingerprint density at radius 3 is 1.49 bits per heavy atom. The molecule has 0 atom stereocenters. The number of fused-ring (bicyclic) bond motifs is 2. The lowest BCUT2D eigenvalue weighted by Crippen LogP contribution is -2.24. The van der Waals surface area contributed by atoms with Crippen molar-refractivity contribution in [3.63, 3.8) is 0 Å². The van der Waals surface area contributed by atoms with Crippen LogP contribution in [0.4, 0.5) is 0 Å². The first kappa shape index (κ1) is 27.0. The van der Waals surface area contributed by atoms with Gasteiger partial charge in [-0.3, -0.25) is 4.79 Å². The van der Waals surface area contributed by atoms with Crippen molar-refractivity contribution < 1.29 is 13.9 Å². The van der Waals surface area contributed by atoms with Gasteiger partial charge in [0, 0.05) is 12.1 Å². The Bertz CT molecular complexity index is 1020. The Morgan fingerprint density at radius 2 is 1.09 bits per heavy atom. The third-order valence-electron chi connectivity index (χ3n) is 6.68. The lowest BCUT2D eigenvalue weighted by atomic mass is 10.1. The quantitative estimate of drug-likeness (QED) is 0.186. The van der Waals surface area contributed by atoms with Crippen LogP contribution in [-0.4, -0.2) is 62.3 Å². The van der Waals surface area contributed by atoms with Crippen LogP contribution in [0, 0.1) is 0 Å². The molecular weight excluding hydrogens is 440 g/mol. The number of benzene rings is 2. The van der Waals surface area contributed by atoms with Crippen molar-refractivity contribution in [3.8, 4) is 11.5 Å². The SMILES string of the molecule is CCN(CC)CCCCOc1ccc2c(=O)c3ccc(OCCCCN(CC)CC)cc3oc2c1. The number of rotatable bonds is 16. The molecule has 6 nitrogen and oxygen atoms in total. The van der Waals surface area contributed by atoms with Gasteiger partial charge in [0.1, 0.15) is 22.7 Å². The van der Waals surface area contributed by atoms with Gasteiger partial charge in [-0.15, -0.1) is 0 Å². The van der Waals surface area contributed by atoms with Crippen LogP contribution in [-0.2, 0) is 0 Å². The van der Waals surface area contributed by atoms with E-state index in [0.29, 0.717) is 35.2 Å². The van der Waals surface area contributed by atoms with Crippen molar-refractivity contribution in [1.29, 1.82) is 0 Å². The Kier molecular flexibility index (Phi) is 10.9. The van der Waals surface area contributed by atoms with Gasteiger partial charge in [-0.05, 0) is 89.2 Å². The van der Waals surface area contributed by atoms with E-state index in [9.17, 15) is 4.79 Å². The average Bonchev–Trinajstić information content (AvgIpc) is 2.88. The first-order chi connectivity index (χ1) is 17.1. The summed E-state index contributed by atoms with van der Waals surface area (Å²) in [7, 11) is 0. The molecule has 0 unspecified atom stereocenters. The molecule has 0 aliphatic heterocycles. The standard InChI is InChI=1S/C29H42N2O4/c1-5-30(6-2)17-9-11-19-33-23-13-15-25-27(21-23)35-28-22-24(14-16-26(28)29(25)32)34-20-12-10-18-31(7-3)8-4/h13-16,21-22H,5-12,17-20H2,1-4H3. The maximum Gasteiger partial charge on any atom is 0.200 e. The molecule has 35 heavy (non-hydrogen) atoms. The van der Waals surface area contributed by atoms with E-state index in [-0.39, 0.29) is 5.43 Å². The zero-order valence-corrected chi connectivity index (χ0v) is 22.0. The Balaban J connectivity index is 1.60. The van der Waals surface area contributed by atoms with Crippen molar-refractivity contribution in [2.45, 2.75) is 53.4 Å². The number of nitrogens with zero attached hydrogens (tertiary/aromatic N) is 2. The van der Waals surface area contributed by atoms with Gasteiger partial charge >= 0.3 is 0 Å². The molecule has 0 aliphatic rings. The van der Waals surface area contributed by atoms with Gasteiger partial charge in [-0.2, -0.15) is 0 Å². The van der Waals surface area contributed by atoms with E-state index in [2.05, 4.69) is 37.5 Å². The van der Waals surface area contributed by atoms with E-state index in [1.165, 1.54) is 0 Å². The molecule has 0 saturated carbocycles. The molecule has 0 bridgehead atoms. The summed E-state index contributed by atoms with van der Waals surface area (Å²) < 4.78 is 18.0. The molecule has 0 fully saturated rings. The summed E-state index contributed by atoms with van der Waals surface area (Å²) in [6.07, 6.45) is 4.19. The van der Waals surface area contributed by atoms with Crippen LogP contribution in [0.5, 0.6) is 11.5 Å². The maximum absolute atomic E-state index is 13.0. The van der Waals surface area contributed by atoms with Gasteiger partial charge in [-0.25, -0.2) is 0 Å². The van der Waals surface area contributed by atoms with E-state index in [0.717, 1.165) is 76.5 Å². The highest BCUT2D eigenvalue weighted by Gasteiger charge is 2.10. The molecule has 6 heteroatoms. The molecule has 3 aromatic rings. The highest BCUT2D eigenvalue weighted by molar-refractivity contribution is 5.90. The van der Waals surface area contributed by atoms with Gasteiger partial charge in [0.2, 0.25) is 5.43 Å². The predicted molar refractivity (Wildman–Crippen MR) is 145 cm³/mol. The fourth-order valence-corrected chi connectivity index (χ4v) is 4.33. The smallest absolute Gasteiger partial charge is 0.200 e. The van der Waals surface area contributed by atoms with Crippen molar-refractivity contribution in [2.75, 3.05) is 52.5 Å². The zero-order valence-electron chi connectivity index (χ0n) is 22.0. The third-order valence-corrected chi connectivity index (χ3v) is 6.68. The molecule has 0 amide bonds. The second kappa shape index (κ2) is 14.1. The van der Waals surface area contributed by atoms with Gasteiger partial charge in [0.15, 0.2) is 0 Å². The zero-order chi connectivity index (χ0) is 25.0. The molecule has 0 N–H and O–H groups in total. The van der Waals surface area contributed by atoms with E-state index in [1.54, 1.807) is 12.1 Å². The Hall–Kier alpha value is -2.57. The largest absolute Gasteiger partial charge is 0.493 e. The molecule has 1 heterocycles. The van der Waals surface area contributed by atoms with Gasteiger partial charge < -0.3 is 23.7 Å². The summed E-state index contributed by atoms with van der Waals surface area (Å²) in [6, 6.07) is 10.9. The predicted octanol–water partition coefficient (Wildman–Crippen LogP) is 5.95. The second-order valence-corrected chi connectivity index (χ2v) is 8.91. The molecule has 0 saturated heterocycles. The minimum absolute atomic E-state index is 0.0298. The maximum atomic E-state index is 13.0. The van der Waals surface area contributed by atoms with Crippen LogP contribution in [0.25, 0.3) is 21.9 Å². The molecule has 192 valence electrons. The summed E-state index contributed by atoms with van der Waals surface area (Å²) in [5.74, 6) is 1.45. The first-order valence-corrected chi connectivity index (χ1v) is 13.3. The average molecular weight is 483 g/mol. The first-order valence-electron chi connectivity index (χ1n) is 13.3. The Labute approximate surface area is 209 Å². The van der Waals surface area contributed by atoms with Crippen LogP contribution in [0.15, 0.2) is 45.6 Å². The molecular formula is C29H42N2O4. The lowest BCUT2D eigenvalue weighted by molar-refractivity contribution is 0.266. The van der Waals surface area contributed by atoms with E-state index < -0.39 is 0 Å². The lowest BCUT2D eigenvalue weighted by Gasteiger charge is -2.17. The monoisotopic (exact) mass is 482 g/mol. The minimum Gasteiger partial charge on any atom is -0.493 e. The number of hydrogen-bond acceptors (Lipinski definition) is 6. The summed E-state index contributed by atoms with van der Waals surface area (Å²) in [6.45, 7) is 16.6. The summed E-state index contributed by atoms with van der Waals surface area (Å²) in [5.41, 5.74) is 1.05. The molecule has 0 aliphatic carbocycles. The molecule has 0 spiro atoms. The molecule has 3 rings (SSSR count). The second-order valence-electron chi connectivity index (χ2n) is 8.91. The molecule has 1 aromatic heterocycles. The third kappa shape index (κ3) is 7.71. The number of ether oxygens (including phenoxy) is 2. The fraction of sp³-hybridized carbons (Fsp3) is 0.552. The van der Waals surface area contributed by atoms with Crippen LogP contribution in [0.2, 0.25) is 0 Å². The van der Waals surface area contributed by atoms with Crippen LogP contribution in [0.1, 0.15) is 53.4 Å². The Morgan fingerprint density at radius 1 is 0.657 bits per heavy atom. The van der Waals surface area contributed by atoms with Gasteiger partial charge in [0.05, 0.1) is 24.0 Å². The van der Waals surface area contributed by atoms with Gasteiger partial charge in [-0.1, -0.05) is 27.7 Å². The highest BCUT2D eigenvalue weighted by Crippen LogP contribution is 2.26. The van der Waals surface area contributed by atoms with Crippen LogP contribution >= 0.6 is 0 Å². The van der Waals surface area contributed by atoms with E-state index in [1.807, 2.05) is 24.3 Å².